The van der Waals surface area contributed by atoms with Crippen LogP contribution >= 0.6 is 0 Å². The van der Waals surface area contributed by atoms with Crippen LogP contribution in [-0.2, 0) is 33.1 Å². The molecule has 1 N–H and O–H groups in total. The lowest BCUT2D eigenvalue weighted by Crippen LogP contribution is -2.58. The average molecular weight is 471 g/mol. The fraction of sp³-hybridized carbons (Fsp3) is 0.500. The number of hydrogen-bond donors (Lipinski definition) is 1. The van der Waals surface area contributed by atoms with Gasteiger partial charge in [-0.05, 0) is 67.0 Å². The summed E-state index contributed by atoms with van der Waals surface area (Å²) in [5.74, 6) is -1.43. The van der Waals surface area contributed by atoms with E-state index in [9.17, 15) is 18.3 Å². The molecule has 1 heterocycles. The molecule has 2 aromatic carbocycles. The molecule has 3 unspecified atom stereocenters. The van der Waals surface area contributed by atoms with Crippen LogP contribution in [0.4, 0.5) is 5.69 Å². The first-order chi connectivity index (χ1) is 15.4. The van der Waals surface area contributed by atoms with Crippen molar-refractivity contribution in [3.8, 4) is 0 Å². The minimum absolute atomic E-state index is 0.0848. The van der Waals surface area contributed by atoms with E-state index in [1.54, 1.807) is 16.4 Å². The number of piperazine rings is 1. The van der Waals surface area contributed by atoms with E-state index in [0.29, 0.717) is 25.1 Å². The van der Waals surface area contributed by atoms with Gasteiger partial charge in [-0.3, -0.25) is 4.79 Å². The van der Waals surface area contributed by atoms with Crippen LogP contribution in [0, 0.1) is 5.92 Å². The monoisotopic (exact) mass is 470 g/mol. The highest BCUT2D eigenvalue weighted by Crippen LogP contribution is 2.36. The molecule has 2 aliphatic rings. The number of carboxylic acid groups (broad SMARTS) is 1. The zero-order valence-electron chi connectivity index (χ0n) is 20.1. The van der Waals surface area contributed by atoms with Crippen molar-refractivity contribution in [1.82, 2.24) is 4.31 Å². The Labute approximate surface area is 197 Å². The van der Waals surface area contributed by atoms with Crippen molar-refractivity contribution in [2.75, 3.05) is 18.0 Å². The van der Waals surface area contributed by atoms with Crippen molar-refractivity contribution < 1.29 is 18.3 Å². The Balaban J connectivity index is 1.58. The summed E-state index contributed by atoms with van der Waals surface area (Å²) >= 11 is 0. The summed E-state index contributed by atoms with van der Waals surface area (Å²) in [5.41, 5.74) is 3.96. The van der Waals surface area contributed by atoms with Gasteiger partial charge < -0.3 is 10.0 Å². The molecule has 6 nitrogen and oxygen atoms in total. The van der Waals surface area contributed by atoms with Crippen LogP contribution in [0.5, 0.6) is 0 Å². The molecule has 0 aromatic heterocycles. The lowest BCUT2D eigenvalue weighted by Gasteiger charge is -2.44. The molecule has 1 aliphatic carbocycles. The highest BCUT2D eigenvalue weighted by molar-refractivity contribution is 7.89. The minimum atomic E-state index is -3.75. The summed E-state index contributed by atoms with van der Waals surface area (Å²) in [6.07, 6.45) is 0.653. The zero-order chi connectivity index (χ0) is 24.1. The Kier molecular flexibility index (Phi) is 6.08. The van der Waals surface area contributed by atoms with Crippen molar-refractivity contribution >= 4 is 21.7 Å². The van der Waals surface area contributed by atoms with E-state index in [1.807, 2.05) is 19.9 Å². The number of carbonyl (C=O) groups is 1. The van der Waals surface area contributed by atoms with Crippen molar-refractivity contribution in [1.29, 1.82) is 0 Å². The molecule has 0 spiro atoms. The normalized spacial score (nSPS) is 24.0. The summed E-state index contributed by atoms with van der Waals surface area (Å²) in [4.78, 5) is 14.0. The molecule has 4 rings (SSSR count). The number of hydrogen-bond acceptors (Lipinski definition) is 4. The van der Waals surface area contributed by atoms with Gasteiger partial charge in [0.25, 0.3) is 0 Å². The second-order valence-corrected chi connectivity index (χ2v) is 12.4. The van der Waals surface area contributed by atoms with E-state index < -0.39 is 21.9 Å². The van der Waals surface area contributed by atoms with E-state index >= 15 is 0 Å². The molecule has 0 amide bonds. The predicted octanol–water partition coefficient (Wildman–Crippen LogP) is 4.07. The summed E-state index contributed by atoms with van der Waals surface area (Å²) in [6, 6.07) is 13.3. The number of rotatable bonds is 4. The number of benzene rings is 2. The Morgan fingerprint density at radius 2 is 1.58 bits per heavy atom. The number of carboxylic acids is 1. The van der Waals surface area contributed by atoms with Gasteiger partial charge in [0, 0.05) is 30.9 Å². The molecule has 0 saturated carbocycles. The third-order valence-corrected chi connectivity index (χ3v) is 9.20. The van der Waals surface area contributed by atoms with Gasteiger partial charge in [-0.25, -0.2) is 8.42 Å². The maximum Gasteiger partial charge on any atom is 0.307 e. The van der Waals surface area contributed by atoms with Crippen molar-refractivity contribution in [2.45, 2.75) is 69.9 Å². The number of aliphatic carboxylic acids is 1. The van der Waals surface area contributed by atoms with E-state index in [0.717, 1.165) is 11.3 Å². The van der Waals surface area contributed by atoms with Crippen molar-refractivity contribution in [3.63, 3.8) is 0 Å². The highest BCUT2D eigenvalue weighted by Gasteiger charge is 2.41. The Morgan fingerprint density at radius 3 is 2.12 bits per heavy atom. The van der Waals surface area contributed by atoms with Crippen LogP contribution in [0.25, 0.3) is 0 Å². The third kappa shape index (κ3) is 4.41. The van der Waals surface area contributed by atoms with Gasteiger partial charge in [0.15, 0.2) is 0 Å². The number of sulfonamides is 1. The molecule has 3 atom stereocenters. The summed E-state index contributed by atoms with van der Waals surface area (Å²) < 4.78 is 29.2. The van der Waals surface area contributed by atoms with Crippen LogP contribution in [-0.4, -0.2) is 49.0 Å². The van der Waals surface area contributed by atoms with Crippen LogP contribution in [0.3, 0.4) is 0 Å². The van der Waals surface area contributed by atoms with Gasteiger partial charge >= 0.3 is 5.97 Å². The Hall–Kier alpha value is -2.38. The van der Waals surface area contributed by atoms with Gasteiger partial charge in [0.2, 0.25) is 10.0 Å². The molecule has 2 aromatic rings. The van der Waals surface area contributed by atoms with E-state index in [1.165, 1.54) is 5.56 Å². The van der Waals surface area contributed by atoms with Crippen LogP contribution in [0.1, 0.15) is 51.3 Å². The van der Waals surface area contributed by atoms with Gasteiger partial charge in [0.1, 0.15) is 0 Å². The third-order valence-electron chi connectivity index (χ3n) is 6.99. The predicted molar refractivity (Wildman–Crippen MR) is 130 cm³/mol. The van der Waals surface area contributed by atoms with Gasteiger partial charge in [-0.15, -0.1) is 0 Å². The maximum absolute atomic E-state index is 13.8. The number of fused-ring (bicyclic) bond motifs is 1. The lowest BCUT2D eigenvalue weighted by atomic mass is 9.87. The largest absolute Gasteiger partial charge is 0.481 e. The number of nitrogens with zero attached hydrogens (tertiary/aromatic N) is 2. The fourth-order valence-electron chi connectivity index (χ4n) is 5.31. The van der Waals surface area contributed by atoms with Crippen molar-refractivity contribution in [3.05, 3.63) is 59.2 Å². The molecule has 1 aliphatic heterocycles. The van der Waals surface area contributed by atoms with Gasteiger partial charge in [0.05, 0.1) is 10.8 Å². The molecule has 0 bridgehead atoms. The van der Waals surface area contributed by atoms with Gasteiger partial charge in [-0.2, -0.15) is 4.31 Å². The first-order valence-corrected chi connectivity index (χ1v) is 13.1. The van der Waals surface area contributed by atoms with Crippen LogP contribution in [0.15, 0.2) is 47.4 Å². The van der Waals surface area contributed by atoms with E-state index in [2.05, 4.69) is 49.9 Å². The average Bonchev–Trinajstić information content (AvgIpc) is 3.17. The second-order valence-electron chi connectivity index (χ2n) is 10.6. The van der Waals surface area contributed by atoms with E-state index in [4.69, 9.17) is 0 Å². The molecular weight excluding hydrogens is 436 g/mol. The summed E-state index contributed by atoms with van der Waals surface area (Å²) in [7, 11) is -3.75. The molecule has 1 fully saturated rings. The molecule has 178 valence electrons. The SMILES string of the molecule is CC1CN(c2ccc(C(C)(C)C)cc2)CC(C)N1S(=O)(=O)c1cccc2c1CC(C(=O)O)C2. The first-order valence-electron chi connectivity index (χ1n) is 11.6. The molecule has 0 radical (unpaired) electrons. The fourth-order valence-corrected chi connectivity index (χ4v) is 7.40. The molecule has 1 saturated heterocycles. The standard InChI is InChI=1S/C26H34N2O4S/c1-17-15-27(22-11-9-21(10-12-22)26(3,4)5)16-18(2)28(17)33(31,32)24-8-6-7-19-13-20(25(29)30)14-23(19)24/h6-12,17-18,20H,13-16H2,1-5H3,(H,29,30). The molecule has 7 heteroatoms. The number of anilines is 1. The Morgan fingerprint density at radius 1 is 0.970 bits per heavy atom. The molecular formula is C26H34N2O4S. The smallest absolute Gasteiger partial charge is 0.307 e. The lowest BCUT2D eigenvalue weighted by molar-refractivity contribution is -0.141. The summed E-state index contributed by atoms with van der Waals surface area (Å²) in [5, 5.41) is 9.45. The molecule has 33 heavy (non-hydrogen) atoms. The minimum Gasteiger partial charge on any atom is -0.481 e. The van der Waals surface area contributed by atoms with Crippen LogP contribution < -0.4 is 4.90 Å². The highest BCUT2D eigenvalue weighted by atomic mass is 32.2. The quantitative estimate of drug-likeness (QED) is 0.729. The zero-order valence-corrected chi connectivity index (χ0v) is 20.9. The first kappa shape index (κ1) is 23.8. The second kappa shape index (κ2) is 8.44. The summed E-state index contributed by atoms with van der Waals surface area (Å²) in [6.45, 7) is 11.7. The van der Waals surface area contributed by atoms with Crippen molar-refractivity contribution in [2.24, 2.45) is 5.92 Å². The maximum atomic E-state index is 13.8. The van der Waals surface area contributed by atoms with Gasteiger partial charge in [-0.1, -0.05) is 45.0 Å². The Bertz CT molecular complexity index is 1140. The van der Waals surface area contributed by atoms with Crippen LogP contribution in [0.2, 0.25) is 0 Å². The van der Waals surface area contributed by atoms with E-state index in [-0.39, 0.29) is 28.8 Å². The topological polar surface area (TPSA) is 77.9 Å².